The third-order valence-corrected chi connectivity index (χ3v) is 4.88. The van der Waals surface area contributed by atoms with E-state index in [4.69, 9.17) is 9.47 Å². The van der Waals surface area contributed by atoms with E-state index >= 15 is 0 Å². The summed E-state index contributed by atoms with van der Waals surface area (Å²) in [6.07, 6.45) is 0. The number of carbonyl (C=O) groups is 1. The molecule has 0 fully saturated rings. The first-order chi connectivity index (χ1) is 12.1. The van der Waals surface area contributed by atoms with Crippen molar-refractivity contribution in [2.75, 3.05) is 13.7 Å². The molecule has 0 saturated carbocycles. The Morgan fingerprint density at radius 1 is 1.20 bits per heavy atom. The van der Waals surface area contributed by atoms with Crippen molar-refractivity contribution in [2.24, 2.45) is 0 Å². The lowest BCUT2D eigenvalue weighted by Gasteiger charge is -2.10. The molecule has 130 valence electrons. The van der Waals surface area contributed by atoms with Crippen LogP contribution in [-0.4, -0.2) is 24.3 Å². The Morgan fingerprint density at radius 3 is 2.56 bits per heavy atom. The Bertz CT molecular complexity index is 916. The third-order valence-electron chi connectivity index (χ3n) is 4.26. The van der Waals surface area contributed by atoms with Crippen LogP contribution in [0.1, 0.15) is 28.5 Å². The summed E-state index contributed by atoms with van der Waals surface area (Å²) in [4.78, 5) is 12.5. The molecule has 25 heavy (non-hydrogen) atoms. The molecule has 0 N–H and O–H groups in total. The molecule has 3 rings (SSSR count). The van der Waals surface area contributed by atoms with Gasteiger partial charge in [0.25, 0.3) is 0 Å². The molecule has 0 aliphatic rings. The molecule has 0 saturated heterocycles. The average molecular weight is 402 g/mol. The van der Waals surface area contributed by atoms with Crippen LogP contribution in [0.25, 0.3) is 10.9 Å². The third kappa shape index (κ3) is 3.29. The lowest BCUT2D eigenvalue weighted by atomic mass is 10.1. The lowest BCUT2D eigenvalue weighted by Crippen LogP contribution is -2.08. The van der Waals surface area contributed by atoms with Crippen molar-refractivity contribution in [1.29, 1.82) is 0 Å². The van der Waals surface area contributed by atoms with Crippen LogP contribution in [0.4, 0.5) is 0 Å². The molecule has 0 aliphatic carbocycles. The molecule has 1 aromatic heterocycles. The molecular formula is C20H20BrNO3. The smallest absolute Gasteiger partial charge is 0.340 e. The standard InChI is InChI=1S/C20H20BrNO3/c1-4-25-20(23)19-13(2)22(12-14-8-6-5-7-9-14)17-11-16(21)18(24-3)10-15(17)19/h5-11H,4,12H2,1-3H3. The highest BCUT2D eigenvalue weighted by molar-refractivity contribution is 9.10. The number of halogens is 1. The van der Waals surface area contributed by atoms with Crippen molar-refractivity contribution >= 4 is 32.8 Å². The zero-order valence-electron chi connectivity index (χ0n) is 14.5. The van der Waals surface area contributed by atoms with Crippen LogP contribution in [0.15, 0.2) is 46.9 Å². The van der Waals surface area contributed by atoms with E-state index in [1.807, 2.05) is 44.2 Å². The lowest BCUT2D eigenvalue weighted by molar-refractivity contribution is 0.0527. The van der Waals surface area contributed by atoms with Crippen molar-refractivity contribution in [3.05, 3.63) is 63.8 Å². The molecule has 1 heterocycles. The molecule has 0 spiro atoms. The highest BCUT2D eigenvalue weighted by atomic mass is 79.9. The summed E-state index contributed by atoms with van der Waals surface area (Å²) in [7, 11) is 1.61. The fraction of sp³-hybridized carbons (Fsp3) is 0.250. The molecule has 4 nitrogen and oxygen atoms in total. The number of nitrogens with zero attached hydrogens (tertiary/aromatic N) is 1. The van der Waals surface area contributed by atoms with Gasteiger partial charge >= 0.3 is 5.97 Å². The van der Waals surface area contributed by atoms with Gasteiger partial charge in [-0.15, -0.1) is 0 Å². The van der Waals surface area contributed by atoms with E-state index in [-0.39, 0.29) is 5.97 Å². The van der Waals surface area contributed by atoms with E-state index in [0.717, 1.165) is 21.1 Å². The van der Waals surface area contributed by atoms with Gasteiger partial charge in [0.1, 0.15) is 5.75 Å². The zero-order chi connectivity index (χ0) is 18.0. The van der Waals surface area contributed by atoms with Crippen molar-refractivity contribution in [1.82, 2.24) is 4.57 Å². The minimum Gasteiger partial charge on any atom is -0.496 e. The Balaban J connectivity index is 2.23. The molecular weight excluding hydrogens is 382 g/mol. The van der Waals surface area contributed by atoms with Crippen LogP contribution in [0.3, 0.4) is 0 Å². The number of methoxy groups -OCH3 is 1. The Hall–Kier alpha value is -2.27. The summed E-state index contributed by atoms with van der Waals surface area (Å²) in [6, 6.07) is 14.1. The summed E-state index contributed by atoms with van der Waals surface area (Å²) in [5.41, 5.74) is 3.62. The van der Waals surface area contributed by atoms with E-state index in [2.05, 4.69) is 32.6 Å². The fourth-order valence-electron chi connectivity index (χ4n) is 3.06. The largest absolute Gasteiger partial charge is 0.496 e. The Kier molecular flexibility index (Phi) is 5.13. The highest BCUT2D eigenvalue weighted by Crippen LogP contribution is 2.35. The Morgan fingerprint density at radius 2 is 1.92 bits per heavy atom. The minimum absolute atomic E-state index is 0.304. The fourth-order valence-corrected chi connectivity index (χ4v) is 3.56. The minimum atomic E-state index is -0.304. The van der Waals surface area contributed by atoms with Gasteiger partial charge in [-0.3, -0.25) is 0 Å². The number of hydrogen-bond acceptors (Lipinski definition) is 3. The first-order valence-corrected chi connectivity index (χ1v) is 8.93. The second-order valence-corrected chi connectivity index (χ2v) is 6.61. The van der Waals surface area contributed by atoms with E-state index < -0.39 is 0 Å². The van der Waals surface area contributed by atoms with Gasteiger partial charge in [-0.25, -0.2) is 4.79 Å². The number of carbonyl (C=O) groups excluding carboxylic acids is 1. The molecule has 0 amide bonds. The Labute approximate surface area is 155 Å². The molecule has 5 heteroatoms. The zero-order valence-corrected chi connectivity index (χ0v) is 16.1. The van der Waals surface area contributed by atoms with Crippen molar-refractivity contribution in [2.45, 2.75) is 20.4 Å². The van der Waals surface area contributed by atoms with Gasteiger partial charge in [0, 0.05) is 17.6 Å². The maximum atomic E-state index is 12.5. The number of hydrogen-bond donors (Lipinski definition) is 0. The van der Waals surface area contributed by atoms with Crippen molar-refractivity contribution in [3.63, 3.8) is 0 Å². The number of rotatable bonds is 5. The van der Waals surface area contributed by atoms with Crippen LogP contribution in [0, 0.1) is 6.92 Å². The number of aromatic nitrogens is 1. The van der Waals surface area contributed by atoms with Gasteiger partial charge in [0.05, 0.1) is 29.3 Å². The quantitative estimate of drug-likeness (QED) is 0.568. The van der Waals surface area contributed by atoms with Crippen molar-refractivity contribution in [3.8, 4) is 5.75 Å². The first-order valence-electron chi connectivity index (χ1n) is 8.14. The number of ether oxygens (including phenoxy) is 2. The van der Waals surface area contributed by atoms with Gasteiger partial charge in [0.2, 0.25) is 0 Å². The summed E-state index contributed by atoms with van der Waals surface area (Å²) >= 11 is 3.54. The van der Waals surface area contributed by atoms with Crippen LogP contribution >= 0.6 is 15.9 Å². The number of fused-ring (bicyclic) bond motifs is 1. The second kappa shape index (κ2) is 7.31. The summed E-state index contributed by atoms with van der Waals surface area (Å²) < 4.78 is 13.7. The molecule has 2 aromatic carbocycles. The second-order valence-electron chi connectivity index (χ2n) is 5.76. The van der Waals surface area contributed by atoms with Crippen LogP contribution in [0.2, 0.25) is 0 Å². The SMILES string of the molecule is CCOC(=O)c1c(C)n(Cc2ccccc2)c2cc(Br)c(OC)cc12. The van der Waals surface area contributed by atoms with Crippen LogP contribution in [0.5, 0.6) is 5.75 Å². The molecule has 3 aromatic rings. The predicted molar refractivity (Wildman–Crippen MR) is 102 cm³/mol. The molecule has 0 aliphatic heterocycles. The average Bonchev–Trinajstić information content (AvgIpc) is 2.87. The van der Waals surface area contributed by atoms with Gasteiger partial charge in [-0.05, 0) is 47.5 Å². The van der Waals surface area contributed by atoms with E-state index in [0.29, 0.717) is 24.5 Å². The van der Waals surface area contributed by atoms with Crippen LogP contribution in [-0.2, 0) is 11.3 Å². The maximum Gasteiger partial charge on any atom is 0.340 e. The normalized spacial score (nSPS) is 10.9. The van der Waals surface area contributed by atoms with Gasteiger partial charge in [0.15, 0.2) is 0 Å². The van der Waals surface area contributed by atoms with E-state index in [9.17, 15) is 4.79 Å². The molecule has 0 bridgehead atoms. The summed E-state index contributed by atoms with van der Waals surface area (Å²) in [5.74, 6) is 0.385. The van der Waals surface area contributed by atoms with E-state index in [1.54, 1.807) is 7.11 Å². The van der Waals surface area contributed by atoms with Crippen molar-refractivity contribution < 1.29 is 14.3 Å². The highest BCUT2D eigenvalue weighted by Gasteiger charge is 2.22. The molecule has 0 atom stereocenters. The number of esters is 1. The number of benzene rings is 2. The predicted octanol–water partition coefficient (Wildman–Crippen LogP) is 4.95. The van der Waals surface area contributed by atoms with Gasteiger partial charge in [-0.2, -0.15) is 0 Å². The van der Waals surface area contributed by atoms with Crippen LogP contribution < -0.4 is 4.74 Å². The summed E-state index contributed by atoms with van der Waals surface area (Å²) in [6.45, 7) is 4.79. The first kappa shape index (κ1) is 17.5. The van der Waals surface area contributed by atoms with Gasteiger partial charge < -0.3 is 14.0 Å². The maximum absolute atomic E-state index is 12.5. The topological polar surface area (TPSA) is 40.5 Å². The molecule has 0 radical (unpaired) electrons. The molecule has 0 unspecified atom stereocenters. The summed E-state index contributed by atoms with van der Waals surface area (Å²) in [5, 5.41) is 0.840. The monoisotopic (exact) mass is 401 g/mol. The van der Waals surface area contributed by atoms with E-state index in [1.165, 1.54) is 5.56 Å². The van der Waals surface area contributed by atoms with Gasteiger partial charge in [-0.1, -0.05) is 30.3 Å².